The van der Waals surface area contributed by atoms with E-state index in [9.17, 15) is 9.50 Å². The molecule has 0 aliphatic heterocycles. The van der Waals surface area contributed by atoms with Gasteiger partial charge in [-0.1, -0.05) is 30.5 Å². The average Bonchev–Trinajstić information content (AvgIpc) is 3.12. The van der Waals surface area contributed by atoms with Crippen LogP contribution >= 0.6 is 11.6 Å². The van der Waals surface area contributed by atoms with Gasteiger partial charge in [0.05, 0.1) is 22.9 Å². The highest BCUT2D eigenvalue weighted by Gasteiger charge is 2.18. The molecule has 3 nitrogen and oxygen atoms in total. The van der Waals surface area contributed by atoms with Gasteiger partial charge in [0.1, 0.15) is 5.82 Å². The molecule has 1 unspecified atom stereocenters. The lowest BCUT2D eigenvalue weighted by molar-refractivity contribution is 0.176. The summed E-state index contributed by atoms with van der Waals surface area (Å²) in [5.41, 5.74) is 1.34. The SMILES string of the molecule is OC(Cc1ccn(C2CCCC2)n1)c1ccc(Cl)c(F)c1. The minimum Gasteiger partial charge on any atom is -0.388 e. The van der Waals surface area contributed by atoms with Crippen molar-refractivity contribution in [2.75, 3.05) is 0 Å². The molecule has 3 rings (SSSR count). The Morgan fingerprint density at radius 2 is 2.10 bits per heavy atom. The Morgan fingerprint density at radius 1 is 1.33 bits per heavy atom. The van der Waals surface area contributed by atoms with Gasteiger partial charge in [0.15, 0.2) is 0 Å². The first kappa shape index (κ1) is 14.5. The van der Waals surface area contributed by atoms with Crippen molar-refractivity contribution < 1.29 is 9.50 Å². The second kappa shape index (κ2) is 6.16. The monoisotopic (exact) mass is 308 g/mol. The normalized spacial score (nSPS) is 17.3. The summed E-state index contributed by atoms with van der Waals surface area (Å²) in [6, 6.07) is 6.80. The molecule has 1 aliphatic carbocycles. The predicted molar refractivity (Wildman–Crippen MR) is 79.8 cm³/mol. The molecule has 1 N–H and O–H groups in total. The average molecular weight is 309 g/mol. The van der Waals surface area contributed by atoms with Crippen LogP contribution in [-0.4, -0.2) is 14.9 Å². The number of rotatable bonds is 4. The molecule has 1 aliphatic rings. The van der Waals surface area contributed by atoms with Crippen molar-refractivity contribution in [2.45, 2.75) is 44.2 Å². The van der Waals surface area contributed by atoms with E-state index < -0.39 is 11.9 Å². The molecule has 0 saturated heterocycles. The Balaban J connectivity index is 1.69. The fourth-order valence-corrected chi connectivity index (χ4v) is 3.01. The number of nitrogens with zero attached hydrogens (tertiary/aromatic N) is 2. The molecule has 1 saturated carbocycles. The number of aliphatic hydroxyl groups is 1. The van der Waals surface area contributed by atoms with Crippen LogP contribution in [0.15, 0.2) is 30.5 Å². The van der Waals surface area contributed by atoms with Crippen molar-refractivity contribution in [3.63, 3.8) is 0 Å². The Kier molecular flexibility index (Phi) is 4.27. The van der Waals surface area contributed by atoms with E-state index in [1.807, 2.05) is 16.9 Å². The van der Waals surface area contributed by atoms with Crippen LogP contribution in [0, 0.1) is 5.82 Å². The minimum atomic E-state index is -0.774. The van der Waals surface area contributed by atoms with Gasteiger partial charge >= 0.3 is 0 Å². The van der Waals surface area contributed by atoms with Gasteiger partial charge < -0.3 is 5.11 Å². The van der Waals surface area contributed by atoms with Crippen molar-refractivity contribution in [3.05, 3.63) is 52.6 Å². The standard InChI is InChI=1S/C16H18ClFN2O/c17-14-6-5-11(9-15(14)18)16(21)10-12-7-8-20(19-12)13-3-1-2-4-13/h5-9,13,16,21H,1-4,10H2. The van der Waals surface area contributed by atoms with Crippen LogP contribution in [0.2, 0.25) is 5.02 Å². The van der Waals surface area contributed by atoms with Crippen LogP contribution in [-0.2, 0) is 6.42 Å². The van der Waals surface area contributed by atoms with Gasteiger partial charge in [-0.25, -0.2) is 4.39 Å². The van der Waals surface area contributed by atoms with Crippen LogP contribution in [0.4, 0.5) is 4.39 Å². The summed E-state index contributed by atoms with van der Waals surface area (Å²) in [5, 5.41) is 14.8. The smallest absolute Gasteiger partial charge is 0.142 e. The van der Waals surface area contributed by atoms with Crippen molar-refractivity contribution in [2.24, 2.45) is 0 Å². The number of hydrogen-bond donors (Lipinski definition) is 1. The van der Waals surface area contributed by atoms with Gasteiger partial charge in [-0.3, -0.25) is 4.68 Å². The van der Waals surface area contributed by atoms with Crippen molar-refractivity contribution in [1.29, 1.82) is 0 Å². The van der Waals surface area contributed by atoms with Gasteiger partial charge in [-0.2, -0.15) is 5.10 Å². The molecule has 1 atom stereocenters. The number of aliphatic hydroxyl groups excluding tert-OH is 1. The van der Waals surface area contributed by atoms with Gasteiger partial charge in [0.25, 0.3) is 0 Å². The van der Waals surface area contributed by atoms with Crippen molar-refractivity contribution >= 4 is 11.6 Å². The fourth-order valence-electron chi connectivity index (χ4n) is 2.89. The van der Waals surface area contributed by atoms with Crippen LogP contribution in [0.3, 0.4) is 0 Å². The number of benzene rings is 1. The maximum Gasteiger partial charge on any atom is 0.142 e. The first-order valence-corrected chi connectivity index (χ1v) is 7.68. The van der Waals surface area contributed by atoms with Crippen LogP contribution < -0.4 is 0 Å². The zero-order chi connectivity index (χ0) is 14.8. The van der Waals surface area contributed by atoms with Crippen LogP contribution in [0.5, 0.6) is 0 Å². The van der Waals surface area contributed by atoms with Crippen molar-refractivity contribution in [3.8, 4) is 0 Å². The molecule has 5 heteroatoms. The van der Waals surface area contributed by atoms with E-state index >= 15 is 0 Å². The third-order valence-corrected chi connectivity index (χ3v) is 4.40. The highest BCUT2D eigenvalue weighted by atomic mass is 35.5. The highest BCUT2D eigenvalue weighted by Crippen LogP contribution is 2.29. The third-order valence-electron chi connectivity index (χ3n) is 4.09. The second-order valence-electron chi connectivity index (χ2n) is 5.62. The van der Waals surface area contributed by atoms with Crippen LogP contribution in [0.25, 0.3) is 0 Å². The lowest BCUT2D eigenvalue weighted by atomic mass is 10.1. The third kappa shape index (κ3) is 3.27. The summed E-state index contributed by atoms with van der Waals surface area (Å²) in [7, 11) is 0. The van der Waals surface area contributed by atoms with E-state index in [1.165, 1.54) is 37.8 Å². The highest BCUT2D eigenvalue weighted by molar-refractivity contribution is 6.30. The van der Waals surface area contributed by atoms with E-state index in [4.69, 9.17) is 11.6 Å². The number of aromatic nitrogens is 2. The molecular formula is C16H18ClFN2O. The van der Waals surface area contributed by atoms with E-state index in [2.05, 4.69) is 5.10 Å². The first-order valence-electron chi connectivity index (χ1n) is 7.30. The van der Waals surface area contributed by atoms with E-state index in [0.717, 1.165) is 5.69 Å². The molecule has 2 aromatic rings. The summed E-state index contributed by atoms with van der Waals surface area (Å²) in [6.07, 6.45) is 6.43. The van der Waals surface area contributed by atoms with Gasteiger partial charge in [-0.15, -0.1) is 0 Å². The molecule has 0 spiro atoms. The van der Waals surface area contributed by atoms with E-state index in [0.29, 0.717) is 18.0 Å². The van der Waals surface area contributed by atoms with Gasteiger partial charge in [-0.05, 0) is 36.6 Å². The summed E-state index contributed by atoms with van der Waals surface area (Å²) in [6.45, 7) is 0. The molecule has 1 heterocycles. The maximum atomic E-state index is 13.4. The largest absolute Gasteiger partial charge is 0.388 e. The zero-order valence-electron chi connectivity index (χ0n) is 11.7. The zero-order valence-corrected chi connectivity index (χ0v) is 12.4. The maximum absolute atomic E-state index is 13.4. The lowest BCUT2D eigenvalue weighted by Gasteiger charge is -2.11. The Bertz CT molecular complexity index is 622. The quantitative estimate of drug-likeness (QED) is 0.924. The Hall–Kier alpha value is -1.39. The topological polar surface area (TPSA) is 38.0 Å². The molecule has 0 bridgehead atoms. The Labute approximate surface area is 128 Å². The molecule has 1 fully saturated rings. The molecule has 1 aromatic heterocycles. The summed E-state index contributed by atoms with van der Waals surface area (Å²) in [5.74, 6) is -0.510. The van der Waals surface area contributed by atoms with Crippen molar-refractivity contribution in [1.82, 2.24) is 9.78 Å². The summed E-state index contributed by atoms with van der Waals surface area (Å²) >= 11 is 5.65. The molecule has 112 valence electrons. The van der Waals surface area contributed by atoms with Crippen LogP contribution in [0.1, 0.15) is 49.1 Å². The molecule has 21 heavy (non-hydrogen) atoms. The molecule has 1 aromatic carbocycles. The summed E-state index contributed by atoms with van der Waals surface area (Å²) < 4.78 is 15.4. The predicted octanol–water partition coefficient (Wildman–Crippen LogP) is 4.07. The minimum absolute atomic E-state index is 0.0662. The Morgan fingerprint density at radius 3 is 2.81 bits per heavy atom. The molecule has 0 radical (unpaired) electrons. The lowest BCUT2D eigenvalue weighted by Crippen LogP contribution is -2.07. The number of halogens is 2. The summed E-state index contributed by atoms with van der Waals surface area (Å²) in [4.78, 5) is 0. The fraction of sp³-hybridized carbons (Fsp3) is 0.438. The first-order chi connectivity index (χ1) is 10.1. The van der Waals surface area contributed by atoms with Gasteiger partial charge in [0.2, 0.25) is 0 Å². The second-order valence-corrected chi connectivity index (χ2v) is 6.03. The molecular weight excluding hydrogens is 291 g/mol. The van der Waals surface area contributed by atoms with E-state index in [-0.39, 0.29) is 5.02 Å². The van der Waals surface area contributed by atoms with E-state index in [1.54, 1.807) is 6.07 Å². The molecule has 0 amide bonds. The van der Waals surface area contributed by atoms with Gasteiger partial charge in [0, 0.05) is 12.6 Å². The number of hydrogen-bond acceptors (Lipinski definition) is 2.